The maximum atomic E-state index is 5.22. The van der Waals surface area contributed by atoms with Crippen LogP contribution in [0.3, 0.4) is 0 Å². The van der Waals surface area contributed by atoms with Crippen molar-refractivity contribution in [1.82, 2.24) is 5.32 Å². The summed E-state index contributed by atoms with van der Waals surface area (Å²) in [5, 5.41) is 3.18. The fourth-order valence-electron chi connectivity index (χ4n) is 1.16. The van der Waals surface area contributed by atoms with Crippen molar-refractivity contribution in [1.29, 1.82) is 0 Å². The zero-order valence-corrected chi connectivity index (χ0v) is 9.28. The van der Waals surface area contributed by atoms with E-state index in [1.165, 1.54) is 4.90 Å². The van der Waals surface area contributed by atoms with Gasteiger partial charge in [-0.2, -0.15) is 0 Å². The van der Waals surface area contributed by atoms with Crippen LogP contribution in [0.15, 0.2) is 21.6 Å². The Bertz CT molecular complexity index is 247. The van der Waals surface area contributed by atoms with Crippen LogP contribution in [0, 0.1) is 12.8 Å². The van der Waals surface area contributed by atoms with Crippen molar-refractivity contribution in [2.24, 2.45) is 5.92 Å². The first-order valence-corrected chi connectivity index (χ1v) is 5.54. The lowest BCUT2D eigenvalue weighted by Gasteiger charge is -2.08. The highest BCUT2D eigenvalue weighted by Gasteiger charge is 2.05. The molecule has 0 aliphatic heterocycles. The van der Waals surface area contributed by atoms with Crippen LogP contribution in [-0.4, -0.2) is 19.3 Å². The van der Waals surface area contributed by atoms with E-state index in [4.69, 9.17) is 4.42 Å². The van der Waals surface area contributed by atoms with Gasteiger partial charge in [0.15, 0.2) is 0 Å². The summed E-state index contributed by atoms with van der Waals surface area (Å²) in [6.07, 6.45) is 1.75. The van der Waals surface area contributed by atoms with E-state index in [1.54, 1.807) is 6.26 Å². The predicted octanol–water partition coefficient (Wildman–Crippen LogP) is 2.54. The third-order valence-corrected chi connectivity index (χ3v) is 3.36. The molecule has 1 aromatic heterocycles. The van der Waals surface area contributed by atoms with Crippen LogP contribution >= 0.6 is 11.8 Å². The van der Waals surface area contributed by atoms with Crippen LogP contribution in [0.25, 0.3) is 0 Å². The lowest BCUT2D eigenvalue weighted by atomic mass is 10.2. The second-order valence-corrected chi connectivity index (χ2v) is 4.38. The summed E-state index contributed by atoms with van der Waals surface area (Å²) in [7, 11) is 1.99. The van der Waals surface area contributed by atoms with E-state index < -0.39 is 0 Å². The largest absolute Gasteiger partial charge is 0.468 e. The van der Waals surface area contributed by atoms with Crippen molar-refractivity contribution >= 4 is 11.8 Å². The van der Waals surface area contributed by atoms with E-state index in [9.17, 15) is 0 Å². The van der Waals surface area contributed by atoms with Crippen LogP contribution < -0.4 is 5.32 Å². The van der Waals surface area contributed by atoms with E-state index in [-0.39, 0.29) is 0 Å². The van der Waals surface area contributed by atoms with Crippen LogP contribution in [-0.2, 0) is 0 Å². The Hall–Kier alpha value is -0.410. The van der Waals surface area contributed by atoms with Gasteiger partial charge in [0.25, 0.3) is 0 Å². The average molecular weight is 199 g/mol. The monoisotopic (exact) mass is 199 g/mol. The van der Waals surface area contributed by atoms with E-state index in [1.807, 2.05) is 31.8 Å². The lowest BCUT2D eigenvalue weighted by molar-refractivity contribution is 0.526. The van der Waals surface area contributed by atoms with Gasteiger partial charge in [0.1, 0.15) is 5.76 Å². The highest BCUT2D eigenvalue weighted by Crippen LogP contribution is 2.24. The molecule has 1 unspecified atom stereocenters. The molecular weight excluding hydrogens is 182 g/mol. The molecule has 0 aromatic carbocycles. The normalized spacial score (nSPS) is 13.2. The van der Waals surface area contributed by atoms with E-state index in [0.29, 0.717) is 5.92 Å². The van der Waals surface area contributed by atoms with Crippen molar-refractivity contribution in [2.45, 2.75) is 18.7 Å². The third kappa shape index (κ3) is 3.44. The van der Waals surface area contributed by atoms with Crippen LogP contribution in [0.2, 0.25) is 0 Å². The standard InChI is InChI=1S/C10H17NOS/c1-8(6-11-3)7-13-10-4-5-12-9(10)2/h4-5,8,11H,6-7H2,1-3H3. The summed E-state index contributed by atoms with van der Waals surface area (Å²) in [5.41, 5.74) is 0. The molecule has 0 bridgehead atoms. The first-order valence-electron chi connectivity index (χ1n) is 4.55. The molecule has 0 radical (unpaired) electrons. The third-order valence-electron chi connectivity index (χ3n) is 1.89. The summed E-state index contributed by atoms with van der Waals surface area (Å²) >= 11 is 1.87. The van der Waals surface area contributed by atoms with Gasteiger partial charge in [-0.15, -0.1) is 11.8 Å². The fourth-order valence-corrected chi connectivity index (χ4v) is 2.15. The highest BCUT2D eigenvalue weighted by molar-refractivity contribution is 7.99. The number of nitrogens with one attached hydrogen (secondary N) is 1. The SMILES string of the molecule is CNCC(C)CSc1ccoc1C. The van der Waals surface area contributed by atoms with Crippen LogP contribution in [0.5, 0.6) is 0 Å². The number of rotatable bonds is 5. The van der Waals surface area contributed by atoms with Crippen LogP contribution in [0.4, 0.5) is 0 Å². The molecule has 0 amide bonds. The molecule has 74 valence electrons. The van der Waals surface area contributed by atoms with Gasteiger partial charge in [-0.05, 0) is 32.5 Å². The van der Waals surface area contributed by atoms with Gasteiger partial charge in [0, 0.05) is 10.6 Å². The maximum Gasteiger partial charge on any atom is 0.114 e. The van der Waals surface area contributed by atoms with Gasteiger partial charge in [-0.3, -0.25) is 0 Å². The zero-order valence-electron chi connectivity index (χ0n) is 8.46. The molecule has 1 rings (SSSR count). The Labute approximate surface area is 84.1 Å². The molecule has 1 aromatic rings. The molecule has 0 fully saturated rings. The van der Waals surface area contributed by atoms with Crippen LogP contribution in [0.1, 0.15) is 12.7 Å². The molecule has 3 heteroatoms. The average Bonchev–Trinajstić information content (AvgIpc) is 2.48. The quantitative estimate of drug-likeness (QED) is 0.738. The molecule has 1 N–H and O–H groups in total. The molecule has 0 aliphatic rings. The van der Waals surface area contributed by atoms with E-state index in [2.05, 4.69) is 12.2 Å². The van der Waals surface area contributed by atoms with Gasteiger partial charge in [-0.1, -0.05) is 6.92 Å². The van der Waals surface area contributed by atoms with E-state index in [0.717, 1.165) is 18.1 Å². The first-order chi connectivity index (χ1) is 6.24. The summed E-state index contributed by atoms with van der Waals surface area (Å²) in [4.78, 5) is 1.27. The molecule has 2 nitrogen and oxygen atoms in total. The van der Waals surface area contributed by atoms with Gasteiger partial charge in [-0.25, -0.2) is 0 Å². The number of hydrogen-bond donors (Lipinski definition) is 1. The number of thioether (sulfide) groups is 1. The highest BCUT2D eigenvalue weighted by atomic mass is 32.2. The molecule has 1 atom stereocenters. The maximum absolute atomic E-state index is 5.22. The summed E-state index contributed by atoms with van der Waals surface area (Å²) < 4.78 is 5.22. The number of aryl methyl sites for hydroxylation is 1. The fraction of sp³-hybridized carbons (Fsp3) is 0.600. The molecular formula is C10H17NOS. The molecule has 13 heavy (non-hydrogen) atoms. The second kappa shape index (κ2) is 5.35. The molecule has 0 saturated carbocycles. The van der Waals surface area contributed by atoms with Crippen molar-refractivity contribution in [2.75, 3.05) is 19.3 Å². The Morgan fingerprint density at radius 3 is 2.92 bits per heavy atom. The Morgan fingerprint density at radius 2 is 2.38 bits per heavy atom. The number of hydrogen-bond acceptors (Lipinski definition) is 3. The van der Waals surface area contributed by atoms with Gasteiger partial charge < -0.3 is 9.73 Å². The summed E-state index contributed by atoms with van der Waals surface area (Å²) in [6.45, 7) is 5.33. The smallest absolute Gasteiger partial charge is 0.114 e. The minimum Gasteiger partial charge on any atom is -0.468 e. The molecule has 0 spiro atoms. The van der Waals surface area contributed by atoms with Gasteiger partial charge >= 0.3 is 0 Å². The van der Waals surface area contributed by atoms with Gasteiger partial charge in [0.2, 0.25) is 0 Å². The summed E-state index contributed by atoms with van der Waals surface area (Å²) in [5.74, 6) is 2.87. The lowest BCUT2D eigenvalue weighted by Crippen LogP contribution is -2.17. The topological polar surface area (TPSA) is 25.2 Å². The molecule has 1 heterocycles. The molecule has 0 aliphatic carbocycles. The Morgan fingerprint density at radius 1 is 1.62 bits per heavy atom. The molecule has 0 saturated heterocycles. The first kappa shape index (κ1) is 10.7. The Kier molecular flexibility index (Phi) is 4.39. The number of furan rings is 1. The minimum absolute atomic E-state index is 0.698. The van der Waals surface area contributed by atoms with Gasteiger partial charge in [0.05, 0.1) is 6.26 Å². The van der Waals surface area contributed by atoms with E-state index >= 15 is 0 Å². The zero-order chi connectivity index (χ0) is 9.68. The van der Waals surface area contributed by atoms with Crippen molar-refractivity contribution in [3.8, 4) is 0 Å². The predicted molar refractivity (Wildman–Crippen MR) is 57.3 cm³/mol. The second-order valence-electron chi connectivity index (χ2n) is 3.31. The minimum atomic E-state index is 0.698. The Balaban J connectivity index is 2.30. The summed E-state index contributed by atoms with van der Waals surface area (Å²) in [6, 6.07) is 2.03. The van der Waals surface area contributed by atoms with Crippen molar-refractivity contribution < 1.29 is 4.42 Å². The van der Waals surface area contributed by atoms with Crippen molar-refractivity contribution in [3.05, 3.63) is 18.1 Å². The van der Waals surface area contributed by atoms with Crippen molar-refractivity contribution in [3.63, 3.8) is 0 Å².